The number of carboxylic acid groups (broad SMARTS) is 2. The Morgan fingerprint density at radius 1 is 1.24 bits per heavy atom. The van der Waals surface area contributed by atoms with E-state index < -0.39 is 24.3 Å². The smallest absolute Gasteiger partial charge is 0.320 e. The van der Waals surface area contributed by atoms with Gasteiger partial charge in [-0.05, 0) is 27.2 Å². The Morgan fingerprint density at radius 2 is 1.76 bits per heavy atom. The van der Waals surface area contributed by atoms with E-state index in [1.54, 1.807) is 0 Å². The number of hydrogen-bond acceptors (Lipinski definition) is 5. The van der Waals surface area contributed by atoms with Gasteiger partial charge < -0.3 is 15.3 Å². The molecule has 0 fully saturated rings. The molecule has 0 radical (unpaired) electrons. The van der Waals surface area contributed by atoms with Crippen LogP contribution < -0.4 is 10.6 Å². The summed E-state index contributed by atoms with van der Waals surface area (Å²) in [6.07, 6.45) is -1.57. The molecule has 0 aliphatic carbocycles. The lowest BCUT2D eigenvalue weighted by Crippen LogP contribution is -2.55. The summed E-state index contributed by atoms with van der Waals surface area (Å²) in [4.78, 5) is 21.2. The van der Waals surface area contributed by atoms with E-state index in [0.717, 1.165) is 0 Å². The van der Waals surface area contributed by atoms with Crippen LogP contribution in [0.4, 0.5) is 0 Å². The van der Waals surface area contributed by atoms with Crippen molar-refractivity contribution in [3.05, 3.63) is 0 Å². The van der Waals surface area contributed by atoms with E-state index in [2.05, 4.69) is 10.6 Å². The van der Waals surface area contributed by atoms with E-state index in [-0.39, 0.29) is 18.4 Å². The molecule has 0 heterocycles. The molecule has 0 rings (SSSR count). The molecule has 0 unspecified atom stereocenters. The fraction of sp³-hybridized carbons (Fsp3) is 0.800. The van der Waals surface area contributed by atoms with Gasteiger partial charge in [0.25, 0.3) is 0 Å². The van der Waals surface area contributed by atoms with Crippen LogP contribution in [0, 0.1) is 0 Å². The molecular formula is C10H20N2O5. The lowest BCUT2D eigenvalue weighted by Gasteiger charge is -2.27. The molecule has 5 N–H and O–H groups in total. The van der Waals surface area contributed by atoms with Gasteiger partial charge in [0.1, 0.15) is 6.04 Å². The molecular weight excluding hydrogens is 228 g/mol. The van der Waals surface area contributed by atoms with Crippen molar-refractivity contribution in [2.24, 2.45) is 0 Å². The highest BCUT2D eigenvalue weighted by Gasteiger charge is 2.23. The monoisotopic (exact) mass is 248 g/mol. The Balaban J connectivity index is 4.25. The third-order valence-corrected chi connectivity index (χ3v) is 1.87. The summed E-state index contributed by atoms with van der Waals surface area (Å²) < 4.78 is 0. The first kappa shape index (κ1) is 15.8. The van der Waals surface area contributed by atoms with Gasteiger partial charge in [-0.15, -0.1) is 0 Å². The fourth-order valence-electron chi connectivity index (χ4n) is 1.19. The summed E-state index contributed by atoms with van der Waals surface area (Å²) in [7, 11) is 0. The fourth-order valence-corrected chi connectivity index (χ4v) is 1.19. The van der Waals surface area contributed by atoms with E-state index in [1.165, 1.54) is 0 Å². The Labute approximate surface area is 99.8 Å². The maximum atomic E-state index is 10.8. The van der Waals surface area contributed by atoms with Gasteiger partial charge in [0.05, 0.1) is 0 Å². The number of aliphatic hydroxyl groups is 1. The maximum absolute atomic E-state index is 10.8. The molecule has 0 aliphatic heterocycles. The van der Waals surface area contributed by atoms with E-state index in [0.29, 0.717) is 0 Å². The van der Waals surface area contributed by atoms with Gasteiger partial charge in [-0.2, -0.15) is 0 Å². The van der Waals surface area contributed by atoms with Gasteiger partial charge >= 0.3 is 11.9 Å². The van der Waals surface area contributed by atoms with Crippen LogP contribution in [0.3, 0.4) is 0 Å². The zero-order valence-electron chi connectivity index (χ0n) is 10.2. The van der Waals surface area contributed by atoms with Gasteiger partial charge in [0, 0.05) is 12.0 Å². The molecule has 0 bridgehead atoms. The van der Waals surface area contributed by atoms with Gasteiger partial charge in [0.15, 0.2) is 6.35 Å². The Bertz CT molecular complexity index is 274. The summed E-state index contributed by atoms with van der Waals surface area (Å²) in [5.41, 5.74) is -0.387. The maximum Gasteiger partial charge on any atom is 0.320 e. The highest BCUT2D eigenvalue weighted by molar-refractivity contribution is 5.75. The minimum Gasteiger partial charge on any atom is -0.481 e. The van der Waals surface area contributed by atoms with Crippen molar-refractivity contribution < 1.29 is 24.9 Å². The molecule has 0 aromatic carbocycles. The molecule has 0 aromatic heterocycles. The Morgan fingerprint density at radius 3 is 2.12 bits per heavy atom. The summed E-state index contributed by atoms with van der Waals surface area (Å²) in [5.74, 6) is -2.27. The van der Waals surface area contributed by atoms with Crippen LogP contribution >= 0.6 is 0 Å². The first-order valence-corrected chi connectivity index (χ1v) is 5.28. The number of aliphatic carboxylic acids is 2. The van der Waals surface area contributed by atoms with Crippen LogP contribution in [0.25, 0.3) is 0 Å². The van der Waals surface area contributed by atoms with Crippen molar-refractivity contribution in [2.75, 3.05) is 0 Å². The SMILES string of the molecule is CC(C)(C)N[C@H](O)N[C@@H](CCC(=O)O)C(=O)O. The average molecular weight is 248 g/mol. The van der Waals surface area contributed by atoms with Gasteiger partial charge in [-0.1, -0.05) is 0 Å². The molecule has 17 heavy (non-hydrogen) atoms. The van der Waals surface area contributed by atoms with Crippen LogP contribution in [-0.2, 0) is 9.59 Å². The summed E-state index contributed by atoms with van der Waals surface area (Å²) in [6.45, 7) is 5.43. The molecule has 2 atom stereocenters. The third-order valence-electron chi connectivity index (χ3n) is 1.87. The Hall–Kier alpha value is -1.18. The normalized spacial score (nSPS) is 15.3. The van der Waals surface area contributed by atoms with Gasteiger partial charge in [0.2, 0.25) is 0 Å². The number of rotatable bonds is 7. The lowest BCUT2D eigenvalue weighted by molar-refractivity contribution is -0.142. The standard InChI is InChI=1S/C10H20N2O5/c1-10(2,3)12-9(17)11-6(8(15)16)4-5-7(13)14/h6,9,11-12,17H,4-5H2,1-3H3,(H,13,14)(H,15,16)/t6-,9+/m0/s1. The van der Waals surface area contributed by atoms with Gasteiger partial charge in [-0.25, -0.2) is 0 Å². The number of carbonyl (C=O) groups is 2. The van der Waals surface area contributed by atoms with Crippen LogP contribution in [0.15, 0.2) is 0 Å². The molecule has 0 spiro atoms. The Kier molecular flexibility index (Phi) is 6.08. The van der Waals surface area contributed by atoms with Crippen molar-refractivity contribution in [3.63, 3.8) is 0 Å². The largest absolute Gasteiger partial charge is 0.481 e. The van der Waals surface area contributed by atoms with Crippen LogP contribution in [-0.4, -0.2) is 45.2 Å². The second kappa shape index (κ2) is 6.53. The predicted octanol–water partition coefficient (Wildman–Crippen LogP) is -0.442. The predicted molar refractivity (Wildman–Crippen MR) is 60.3 cm³/mol. The van der Waals surface area contributed by atoms with Crippen molar-refractivity contribution >= 4 is 11.9 Å². The topological polar surface area (TPSA) is 119 Å². The first-order valence-electron chi connectivity index (χ1n) is 5.28. The van der Waals surface area contributed by atoms with Crippen molar-refractivity contribution in [2.45, 2.75) is 51.5 Å². The zero-order chi connectivity index (χ0) is 13.6. The first-order chi connectivity index (χ1) is 7.61. The van der Waals surface area contributed by atoms with E-state index in [9.17, 15) is 14.7 Å². The van der Waals surface area contributed by atoms with Crippen LogP contribution in [0.2, 0.25) is 0 Å². The zero-order valence-corrected chi connectivity index (χ0v) is 10.2. The molecule has 0 aliphatic rings. The second-order valence-corrected chi connectivity index (χ2v) is 4.79. The van der Waals surface area contributed by atoms with Gasteiger partial charge in [-0.3, -0.25) is 20.2 Å². The third kappa shape index (κ3) is 8.61. The number of nitrogens with one attached hydrogen (secondary N) is 2. The molecule has 0 amide bonds. The van der Waals surface area contributed by atoms with E-state index >= 15 is 0 Å². The highest BCUT2D eigenvalue weighted by Crippen LogP contribution is 2.02. The highest BCUT2D eigenvalue weighted by atomic mass is 16.4. The number of hydrogen-bond donors (Lipinski definition) is 5. The van der Waals surface area contributed by atoms with E-state index in [4.69, 9.17) is 10.2 Å². The van der Waals surface area contributed by atoms with E-state index in [1.807, 2.05) is 20.8 Å². The van der Waals surface area contributed by atoms with Crippen molar-refractivity contribution in [1.82, 2.24) is 10.6 Å². The van der Waals surface area contributed by atoms with Crippen molar-refractivity contribution in [3.8, 4) is 0 Å². The second-order valence-electron chi connectivity index (χ2n) is 4.79. The van der Waals surface area contributed by atoms with Crippen LogP contribution in [0.1, 0.15) is 33.6 Å². The molecule has 0 saturated heterocycles. The summed E-state index contributed by atoms with van der Waals surface area (Å²) in [5, 5.41) is 32.0. The lowest BCUT2D eigenvalue weighted by atomic mass is 10.1. The number of aliphatic hydroxyl groups excluding tert-OH is 1. The minimum absolute atomic E-state index is 0.0897. The minimum atomic E-state index is -1.20. The molecule has 0 saturated carbocycles. The summed E-state index contributed by atoms with van der Waals surface area (Å²) in [6, 6.07) is -1.10. The van der Waals surface area contributed by atoms with Crippen molar-refractivity contribution in [1.29, 1.82) is 0 Å². The number of carboxylic acids is 2. The quantitative estimate of drug-likeness (QED) is 0.387. The molecule has 7 nitrogen and oxygen atoms in total. The molecule has 0 aromatic rings. The molecule has 7 heteroatoms. The summed E-state index contributed by atoms with van der Waals surface area (Å²) >= 11 is 0. The molecule has 100 valence electrons. The van der Waals surface area contributed by atoms with Crippen LogP contribution in [0.5, 0.6) is 0 Å². The average Bonchev–Trinajstić information content (AvgIpc) is 2.08.